The predicted molar refractivity (Wildman–Crippen MR) is 115 cm³/mol. The van der Waals surface area contributed by atoms with Crippen LogP contribution in [0.5, 0.6) is 0 Å². The number of unbranched alkanes of at least 4 members (excludes halogenated alkanes) is 1. The Morgan fingerprint density at radius 1 is 1.10 bits per heavy atom. The topological polar surface area (TPSA) is 66.2 Å². The first-order valence-corrected chi connectivity index (χ1v) is 9.92. The lowest BCUT2D eigenvalue weighted by atomic mass is 10.2. The average molecular weight is 391 g/mol. The quantitative estimate of drug-likeness (QED) is 0.508. The van der Waals surface area contributed by atoms with Crippen molar-refractivity contribution in [2.75, 3.05) is 0 Å². The monoisotopic (exact) mass is 391 g/mol. The maximum absolute atomic E-state index is 13.2. The summed E-state index contributed by atoms with van der Waals surface area (Å²) in [6, 6.07) is 9.80. The van der Waals surface area contributed by atoms with Gasteiger partial charge in [-0.1, -0.05) is 55.8 Å². The zero-order chi connectivity index (χ0) is 20.5. The van der Waals surface area contributed by atoms with Gasteiger partial charge in [0.25, 0.3) is 5.56 Å². The van der Waals surface area contributed by atoms with Gasteiger partial charge in [-0.2, -0.15) is 4.98 Å². The van der Waals surface area contributed by atoms with Crippen molar-refractivity contribution in [2.24, 2.45) is 7.05 Å². The molecule has 7 nitrogen and oxygen atoms in total. The van der Waals surface area contributed by atoms with E-state index in [2.05, 4.69) is 16.5 Å². The molecule has 0 aliphatic rings. The molecule has 4 aromatic rings. The molecular formula is C22H25N5O2. The number of hydrogen-bond acceptors (Lipinski definition) is 3. The Balaban J connectivity index is 1.84. The average Bonchev–Trinajstić information content (AvgIpc) is 3.23. The third-order valence-electron chi connectivity index (χ3n) is 5.27. The smallest absolute Gasteiger partial charge is 0.314 e. The van der Waals surface area contributed by atoms with E-state index in [1.807, 2.05) is 60.0 Å². The van der Waals surface area contributed by atoms with E-state index in [-0.39, 0.29) is 17.8 Å². The van der Waals surface area contributed by atoms with Crippen molar-refractivity contribution in [2.45, 2.75) is 39.8 Å². The predicted octanol–water partition coefficient (Wildman–Crippen LogP) is 2.97. The fourth-order valence-corrected chi connectivity index (χ4v) is 3.67. The summed E-state index contributed by atoms with van der Waals surface area (Å²) in [5, 5.41) is 0. The summed E-state index contributed by atoms with van der Waals surface area (Å²) in [7, 11) is 1.66. The Morgan fingerprint density at radius 2 is 1.86 bits per heavy atom. The van der Waals surface area contributed by atoms with Gasteiger partial charge in [0.15, 0.2) is 11.2 Å². The first-order valence-electron chi connectivity index (χ1n) is 9.92. The van der Waals surface area contributed by atoms with E-state index in [0.717, 1.165) is 30.6 Å². The molecule has 0 fully saturated rings. The van der Waals surface area contributed by atoms with Gasteiger partial charge < -0.3 is 4.57 Å². The Hall–Kier alpha value is -3.35. The van der Waals surface area contributed by atoms with Crippen LogP contribution >= 0.6 is 0 Å². The number of aromatic nitrogens is 5. The summed E-state index contributed by atoms with van der Waals surface area (Å²) in [5.74, 6) is 0.704. The molecule has 0 spiro atoms. The van der Waals surface area contributed by atoms with Crippen LogP contribution in [0, 0.1) is 6.92 Å². The van der Waals surface area contributed by atoms with Gasteiger partial charge in [0.2, 0.25) is 5.78 Å². The summed E-state index contributed by atoms with van der Waals surface area (Å²) in [6.07, 6.45) is 7.77. The molecular weight excluding hydrogens is 366 g/mol. The highest BCUT2D eigenvalue weighted by Crippen LogP contribution is 2.17. The van der Waals surface area contributed by atoms with Gasteiger partial charge in [-0.15, -0.1) is 0 Å². The number of allylic oxidation sites excluding steroid dienone is 1. The standard InChI is InChI=1S/C22H25N5O2/c1-4-5-13-25-16(2)15-27-18-19(23-21(25)27)24(3)22(29)26(20(18)28)14-9-12-17-10-7-6-8-11-17/h6-12,15H,4-5,13-14H2,1-3H3/b12-9+. The van der Waals surface area contributed by atoms with Crippen molar-refractivity contribution in [3.05, 3.63) is 74.7 Å². The molecule has 0 aliphatic heterocycles. The van der Waals surface area contributed by atoms with E-state index in [4.69, 9.17) is 0 Å². The van der Waals surface area contributed by atoms with Crippen LogP contribution in [-0.4, -0.2) is 23.1 Å². The molecule has 3 heterocycles. The van der Waals surface area contributed by atoms with Crippen LogP contribution in [0.1, 0.15) is 31.0 Å². The van der Waals surface area contributed by atoms with Crippen molar-refractivity contribution < 1.29 is 0 Å². The highest BCUT2D eigenvalue weighted by molar-refractivity contribution is 5.75. The van der Waals surface area contributed by atoms with Crippen molar-refractivity contribution in [3.63, 3.8) is 0 Å². The van der Waals surface area contributed by atoms with Gasteiger partial charge in [-0.3, -0.25) is 18.3 Å². The van der Waals surface area contributed by atoms with E-state index in [1.54, 1.807) is 7.05 Å². The molecule has 0 radical (unpaired) electrons. The maximum atomic E-state index is 13.2. The molecule has 0 unspecified atom stereocenters. The molecule has 0 amide bonds. The van der Waals surface area contributed by atoms with E-state index < -0.39 is 0 Å². The van der Waals surface area contributed by atoms with E-state index >= 15 is 0 Å². The minimum Gasteiger partial charge on any atom is -0.314 e. The molecule has 4 rings (SSSR count). The van der Waals surface area contributed by atoms with Crippen LogP contribution in [0.15, 0.2) is 52.2 Å². The summed E-state index contributed by atoms with van der Waals surface area (Å²) < 4.78 is 6.64. The molecule has 0 saturated carbocycles. The minimum absolute atomic E-state index is 0.207. The maximum Gasteiger partial charge on any atom is 0.332 e. The van der Waals surface area contributed by atoms with Crippen LogP contribution in [0.2, 0.25) is 0 Å². The van der Waals surface area contributed by atoms with Crippen LogP contribution < -0.4 is 11.2 Å². The second-order valence-corrected chi connectivity index (χ2v) is 7.30. The van der Waals surface area contributed by atoms with Crippen molar-refractivity contribution in [3.8, 4) is 0 Å². The minimum atomic E-state index is -0.363. The van der Waals surface area contributed by atoms with Gasteiger partial charge in [0.1, 0.15) is 0 Å². The summed E-state index contributed by atoms with van der Waals surface area (Å²) in [4.78, 5) is 30.6. The van der Waals surface area contributed by atoms with Gasteiger partial charge in [0.05, 0.1) is 0 Å². The third-order valence-corrected chi connectivity index (χ3v) is 5.27. The summed E-state index contributed by atoms with van der Waals surface area (Å²) >= 11 is 0. The fourth-order valence-electron chi connectivity index (χ4n) is 3.67. The van der Waals surface area contributed by atoms with Crippen LogP contribution in [0.3, 0.4) is 0 Å². The van der Waals surface area contributed by atoms with Crippen LogP contribution in [-0.2, 0) is 20.1 Å². The first-order chi connectivity index (χ1) is 14.0. The highest BCUT2D eigenvalue weighted by Gasteiger charge is 2.19. The van der Waals surface area contributed by atoms with Crippen molar-refractivity contribution >= 4 is 23.0 Å². The molecule has 1 aromatic carbocycles. The van der Waals surface area contributed by atoms with Gasteiger partial charge in [0, 0.05) is 32.0 Å². The summed E-state index contributed by atoms with van der Waals surface area (Å²) in [6.45, 7) is 5.20. The number of imidazole rings is 2. The number of hydrogen-bond donors (Lipinski definition) is 0. The number of nitrogens with zero attached hydrogens (tertiary/aromatic N) is 5. The zero-order valence-electron chi connectivity index (χ0n) is 17.0. The van der Waals surface area contributed by atoms with Crippen LogP contribution in [0.4, 0.5) is 0 Å². The fraction of sp³-hybridized carbons (Fsp3) is 0.318. The number of benzene rings is 1. The molecule has 0 saturated heterocycles. The normalized spacial score (nSPS) is 12.0. The zero-order valence-corrected chi connectivity index (χ0v) is 17.0. The Morgan fingerprint density at radius 3 is 2.59 bits per heavy atom. The lowest BCUT2D eigenvalue weighted by molar-refractivity contribution is 0.631. The van der Waals surface area contributed by atoms with E-state index in [9.17, 15) is 9.59 Å². The van der Waals surface area contributed by atoms with Gasteiger partial charge >= 0.3 is 5.69 Å². The number of fused-ring (bicyclic) bond motifs is 3. The second-order valence-electron chi connectivity index (χ2n) is 7.30. The van der Waals surface area contributed by atoms with Crippen molar-refractivity contribution in [1.82, 2.24) is 23.1 Å². The molecule has 150 valence electrons. The molecule has 3 aromatic heterocycles. The van der Waals surface area contributed by atoms with E-state index in [0.29, 0.717) is 16.9 Å². The lowest BCUT2D eigenvalue weighted by Crippen LogP contribution is -2.39. The van der Waals surface area contributed by atoms with E-state index in [1.165, 1.54) is 9.13 Å². The van der Waals surface area contributed by atoms with Crippen LogP contribution in [0.25, 0.3) is 23.0 Å². The molecule has 0 atom stereocenters. The Bertz CT molecular complexity index is 1320. The molecule has 0 N–H and O–H groups in total. The first kappa shape index (κ1) is 19.0. The molecule has 29 heavy (non-hydrogen) atoms. The Labute approximate surface area is 168 Å². The van der Waals surface area contributed by atoms with Gasteiger partial charge in [-0.25, -0.2) is 4.79 Å². The SMILES string of the molecule is CCCCn1c(C)cn2c3c(=O)n(C/C=C/c4ccccc4)c(=O)n(C)c3nc12. The second kappa shape index (κ2) is 7.58. The lowest BCUT2D eigenvalue weighted by Gasteiger charge is -2.06. The molecule has 0 aliphatic carbocycles. The largest absolute Gasteiger partial charge is 0.332 e. The molecule has 0 bridgehead atoms. The highest BCUT2D eigenvalue weighted by atomic mass is 16.2. The van der Waals surface area contributed by atoms with Gasteiger partial charge in [-0.05, 0) is 18.9 Å². The van der Waals surface area contributed by atoms with Crippen molar-refractivity contribution in [1.29, 1.82) is 0 Å². The number of aryl methyl sites for hydroxylation is 3. The third kappa shape index (κ3) is 3.22. The number of rotatable bonds is 6. The molecule has 7 heteroatoms. The Kier molecular flexibility index (Phi) is 4.96. The summed E-state index contributed by atoms with van der Waals surface area (Å²) in [5.41, 5.74) is 2.25.